The van der Waals surface area contributed by atoms with E-state index in [-0.39, 0.29) is 23.4 Å². The van der Waals surface area contributed by atoms with Gasteiger partial charge in [-0.15, -0.1) is 0 Å². The first-order valence-corrected chi connectivity index (χ1v) is 11.6. The number of aromatic carboxylic acids is 1. The summed E-state index contributed by atoms with van der Waals surface area (Å²) in [7, 11) is 0. The number of carbonyl (C=O) groups is 1. The van der Waals surface area contributed by atoms with Crippen LogP contribution in [0.4, 0.5) is 8.78 Å². The smallest absolute Gasteiger partial charge is 0.356 e. The van der Waals surface area contributed by atoms with Crippen molar-refractivity contribution in [1.29, 1.82) is 0 Å². The molecular weight excluding hydrogens is 426 g/mol. The van der Waals surface area contributed by atoms with Gasteiger partial charge in [0.1, 0.15) is 11.7 Å². The van der Waals surface area contributed by atoms with Crippen molar-refractivity contribution in [2.75, 3.05) is 0 Å². The zero-order valence-corrected chi connectivity index (χ0v) is 20.6. The maximum atomic E-state index is 14.2. The fourth-order valence-electron chi connectivity index (χ4n) is 3.27. The molecule has 1 aliphatic carbocycles. The maximum Gasteiger partial charge on any atom is 0.356 e. The molecule has 0 radical (unpaired) electrons. The second kappa shape index (κ2) is 15.7. The van der Waals surface area contributed by atoms with Gasteiger partial charge in [0.2, 0.25) is 0 Å². The summed E-state index contributed by atoms with van der Waals surface area (Å²) in [5, 5.41) is 9.16. The van der Waals surface area contributed by atoms with Crippen LogP contribution >= 0.6 is 0 Å². The third kappa shape index (κ3) is 8.44. The third-order valence-electron chi connectivity index (χ3n) is 4.72. The molecule has 0 spiro atoms. The SMILES string of the molecule is CC.CC.CCCC(/C=C(\N)C1=C(F)CCC=C1F)=C(/N)C(CC)c1cncc(C(=O)O)n1. The number of halogens is 2. The number of nitrogens with zero attached hydrogens (tertiary/aromatic N) is 2. The third-order valence-corrected chi connectivity index (χ3v) is 4.72. The second-order valence-electron chi connectivity index (χ2n) is 6.80. The van der Waals surface area contributed by atoms with Crippen LogP contribution in [0.2, 0.25) is 0 Å². The van der Waals surface area contributed by atoms with E-state index in [2.05, 4.69) is 9.97 Å². The van der Waals surface area contributed by atoms with Gasteiger partial charge in [-0.05, 0) is 37.0 Å². The first-order valence-electron chi connectivity index (χ1n) is 11.6. The number of allylic oxidation sites excluding steroid dienone is 6. The van der Waals surface area contributed by atoms with Gasteiger partial charge < -0.3 is 16.6 Å². The number of hydrogen-bond donors (Lipinski definition) is 3. The normalized spacial score (nSPS) is 15.3. The van der Waals surface area contributed by atoms with Gasteiger partial charge in [0.15, 0.2) is 5.69 Å². The first kappa shape index (κ1) is 30.0. The zero-order chi connectivity index (χ0) is 25.6. The molecule has 184 valence electrons. The van der Waals surface area contributed by atoms with Crippen molar-refractivity contribution in [3.05, 3.63) is 70.1 Å². The number of aromatic nitrogens is 2. The fourth-order valence-corrected chi connectivity index (χ4v) is 3.27. The maximum absolute atomic E-state index is 14.2. The van der Waals surface area contributed by atoms with Crippen LogP contribution in [-0.2, 0) is 0 Å². The van der Waals surface area contributed by atoms with Crippen LogP contribution in [0.15, 0.2) is 58.7 Å². The van der Waals surface area contributed by atoms with Gasteiger partial charge in [0, 0.05) is 29.9 Å². The standard InChI is InChI=1S/C21H26F2N4O2.2C2H6/c1-3-6-12(9-16(24)19-14(22)7-5-8-15(19)23)20(25)13(4-2)17-10-26-11-18(27-17)21(28)29;2*1-2/h7,9-11,13H,3-6,8,24-25H2,1-2H3,(H,28,29);2*1-2H3/b16-9-,20-12-;;. The molecule has 0 saturated heterocycles. The molecule has 1 atom stereocenters. The number of nitrogens with two attached hydrogens (primary N) is 2. The Hall–Kier alpha value is -3.03. The average molecular weight is 465 g/mol. The Morgan fingerprint density at radius 1 is 1.18 bits per heavy atom. The zero-order valence-electron chi connectivity index (χ0n) is 20.6. The van der Waals surface area contributed by atoms with E-state index in [0.29, 0.717) is 36.2 Å². The lowest BCUT2D eigenvalue weighted by atomic mass is 9.92. The molecule has 0 saturated carbocycles. The van der Waals surface area contributed by atoms with Crippen LogP contribution in [0.5, 0.6) is 0 Å². The Kier molecular flexibility index (Phi) is 14.3. The van der Waals surface area contributed by atoms with Gasteiger partial charge in [0.05, 0.1) is 17.5 Å². The average Bonchev–Trinajstić information content (AvgIpc) is 2.82. The second-order valence-corrected chi connectivity index (χ2v) is 6.80. The molecule has 0 aliphatic heterocycles. The van der Waals surface area contributed by atoms with E-state index in [0.717, 1.165) is 12.6 Å². The van der Waals surface area contributed by atoms with Crippen molar-refractivity contribution in [3.63, 3.8) is 0 Å². The lowest BCUT2D eigenvalue weighted by Gasteiger charge is -2.19. The largest absolute Gasteiger partial charge is 0.476 e. The predicted octanol–water partition coefficient (Wildman–Crippen LogP) is 6.45. The molecule has 2 rings (SSSR count). The molecule has 1 aromatic heterocycles. The summed E-state index contributed by atoms with van der Waals surface area (Å²) in [6, 6.07) is 0. The van der Waals surface area contributed by atoms with Crippen LogP contribution in [-0.4, -0.2) is 21.0 Å². The Morgan fingerprint density at radius 2 is 1.82 bits per heavy atom. The quantitative estimate of drug-likeness (QED) is 0.381. The molecule has 33 heavy (non-hydrogen) atoms. The summed E-state index contributed by atoms with van der Waals surface area (Å²) < 4.78 is 28.3. The minimum atomic E-state index is -1.18. The Bertz CT molecular complexity index is 905. The monoisotopic (exact) mass is 464 g/mol. The summed E-state index contributed by atoms with van der Waals surface area (Å²) >= 11 is 0. The van der Waals surface area contributed by atoms with Gasteiger partial charge >= 0.3 is 5.97 Å². The minimum Gasteiger partial charge on any atom is -0.476 e. The van der Waals surface area contributed by atoms with E-state index in [4.69, 9.17) is 16.6 Å². The summed E-state index contributed by atoms with van der Waals surface area (Å²) in [5.41, 5.74) is 13.5. The predicted molar refractivity (Wildman–Crippen MR) is 130 cm³/mol. The van der Waals surface area contributed by atoms with Crippen molar-refractivity contribution in [2.45, 2.75) is 79.6 Å². The molecule has 0 aromatic carbocycles. The molecule has 1 aliphatic rings. The van der Waals surface area contributed by atoms with Crippen molar-refractivity contribution in [1.82, 2.24) is 9.97 Å². The number of carboxylic acid groups (broad SMARTS) is 1. The van der Waals surface area contributed by atoms with E-state index in [1.54, 1.807) is 0 Å². The van der Waals surface area contributed by atoms with Crippen LogP contribution < -0.4 is 11.5 Å². The van der Waals surface area contributed by atoms with E-state index in [9.17, 15) is 13.6 Å². The van der Waals surface area contributed by atoms with Crippen LogP contribution in [0.3, 0.4) is 0 Å². The van der Waals surface area contributed by atoms with Crippen molar-refractivity contribution >= 4 is 5.97 Å². The van der Waals surface area contributed by atoms with E-state index < -0.39 is 23.5 Å². The van der Waals surface area contributed by atoms with Crippen molar-refractivity contribution in [3.8, 4) is 0 Å². The van der Waals surface area contributed by atoms with Crippen molar-refractivity contribution in [2.24, 2.45) is 11.5 Å². The highest BCUT2D eigenvalue weighted by Gasteiger charge is 2.22. The van der Waals surface area contributed by atoms with E-state index >= 15 is 0 Å². The molecule has 0 bridgehead atoms. The molecule has 0 fully saturated rings. The molecular formula is C25H38F2N4O2. The Balaban J connectivity index is 0.00000242. The van der Waals surface area contributed by atoms with Crippen LogP contribution in [0.1, 0.15) is 95.7 Å². The highest BCUT2D eigenvalue weighted by Crippen LogP contribution is 2.33. The van der Waals surface area contributed by atoms with Gasteiger partial charge in [0.25, 0.3) is 0 Å². The Morgan fingerprint density at radius 3 is 2.33 bits per heavy atom. The Labute approximate surface area is 196 Å². The molecule has 8 heteroatoms. The van der Waals surface area contributed by atoms with E-state index in [1.807, 2.05) is 41.5 Å². The number of hydrogen-bond acceptors (Lipinski definition) is 5. The molecule has 1 aromatic rings. The summed E-state index contributed by atoms with van der Waals surface area (Å²) in [6.45, 7) is 11.8. The lowest BCUT2D eigenvalue weighted by Crippen LogP contribution is -2.16. The highest BCUT2D eigenvalue weighted by molar-refractivity contribution is 5.84. The van der Waals surface area contributed by atoms with Crippen LogP contribution in [0.25, 0.3) is 0 Å². The minimum absolute atomic E-state index is 0.0254. The molecule has 1 unspecified atom stereocenters. The van der Waals surface area contributed by atoms with Crippen LogP contribution in [0, 0.1) is 0 Å². The number of carboxylic acids is 1. The summed E-state index contributed by atoms with van der Waals surface area (Å²) in [4.78, 5) is 19.3. The van der Waals surface area contributed by atoms with E-state index in [1.165, 1.54) is 18.3 Å². The molecule has 0 amide bonds. The fraction of sp³-hybridized carbons (Fsp3) is 0.480. The van der Waals surface area contributed by atoms with Gasteiger partial charge in [-0.25, -0.2) is 18.6 Å². The first-order chi connectivity index (χ1) is 15.8. The van der Waals surface area contributed by atoms with Crippen molar-refractivity contribution < 1.29 is 18.7 Å². The molecule has 6 nitrogen and oxygen atoms in total. The van der Waals surface area contributed by atoms with Gasteiger partial charge in [-0.2, -0.15) is 0 Å². The lowest BCUT2D eigenvalue weighted by molar-refractivity contribution is 0.0689. The summed E-state index contributed by atoms with van der Waals surface area (Å²) in [5.74, 6) is -2.85. The number of rotatable bonds is 8. The van der Waals surface area contributed by atoms with Gasteiger partial charge in [-0.3, -0.25) is 4.98 Å². The summed E-state index contributed by atoms with van der Waals surface area (Å²) in [6.07, 6.45) is 7.66. The topological polar surface area (TPSA) is 115 Å². The highest BCUT2D eigenvalue weighted by atomic mass is 19.1. The van der Waals surface area contributed by atoms with Gasteiger partial charge in [-0.1, -0.05) is 48.0 Å². The molecule has 1 heterocycles. The molecule has 5 N–H and O–H groups in total.